The van der Waals surface area contributed by atoms with Crippen molar-refractivity contribution in [2.45, 2.75) is 31.7 Å². The maximum atomic E-state index is 12.4. The van der Waals surface area contributed by atoms with Crippen molar-refractivity contribution in [3.63, 3.8) is 0 Å². The Morgan fingerprint density at radius 3 is 2.67 bits per heavy atom. The van der Waals surface area contributed by atoms with E-state index in [1.807, 2.05) is 4.90 Å². The first kappa shape index (κ1) is 17.2. The van der Waals surface area contributed by atoms with Crippen LogP contribution >= 0.6 is 11.6 Å². The molecule has 2 amide bonds. The molecule has 1 aromatic rings. The number of hydrogen-bond acceptors (Lipinski definition) is 3. The number of carbonyl (C=O) groups is 2. The zero-order valence-corrected chi connectivity index (χ0v) is 14.6. The molecular weight excluding hydrogens is 326 g/mol. The summed E-state index contributed by atoms with van der Waals surface area (Å²) in [6.07, 6.45) is 3.83. The largest absolute Gasteiger partial charge is 0.352 e. The number of benzene rings is 1. The summed E-state index contributed by atoms with van der Waals surface area (Å²) in [6.45, 7) is 4.30. The molecule has 2 aliphatic heterocycles. The predicted molar refractivity (Wildman–Crippen MR) is 94.2 cm³/mol. The summed E-state index contributed by atoms with van der Waals surface area (Å²) in [4.78, 5) is 29.0. The van der Waals surface area contributed by atoms with Crippen molar-refractivity contribution in [3.05, 3.63) is 34.9 Å². The fourth-order valence-electron chi connectivity index (χ4n) is 3.58. The van der Waals surface area contributed by atoms with Gasteiger partial charge in [0.1, 0.15) is 0 Å². The van der Waals surface area contributed by atoms with Crippen molar-refractivity contribution < 1.29 is 9.59 Å². The van der Waals surface area contributed by atoms with Gasteiger partial charge in [-0.15, -0.1) is 0 Å². The Labute approximate surface area is 147 Å². The highest BCUT2D eigenvalue weighted by Gasteiger charge is 2.30. The molecule has 1 unspecified atom stereocenters. The van der Waals surface area contributed by atoms with Crippen molar-refractivity contribution >= 4 is 23.4 Å². The van der Waals surface area contributed by atoms with Crippen LogP contribution in [0.2, 0.25) is 5.02 Å². The van der Waals surface area contributed by atoms with E-state index in [9.17, 15) is 9.59 Å². The molecule has 1 N–H and O–H groups in total. The molecular formula is C18H24ClN3O2. The molecule has 0 radical (unpaired) electrons. The Bertz CT molecular complexity index is 590. The molecule has 24 heavy (non-hydrogen) atoms. The van der Waals surface area contributed by atoms with Crippen molar-refractivity contribution in [1.82, 2.24) is 15.1 Å². The highest BCUT2D eigenvalue weighted by Crippen LogP contribution is 2.21. The lowest BCUT2D eigenvalue weighted by molar-refractivity contribution is -0.131. The Morgan fingerprint density at radius 1 is 1.12 bits per heavy atom. The average Bonchev–Trinajstić information content (AvgIpc) is 2.92. The molecule has 0 bridgehead atoms. The van der Waals surface area contributed by atoms with Gasteiger partial charge in [-0.1, -0.05) is 11.6 Å². The van der Waals surface area contributed by atoms with E-state index < -0.39 is 0 Å². The lowest BCUT2D eigenvalue weighted by Gasteiger charge is -2.25. The number of amides is 2. The Kier molecular flexibility index (Phi) is 5.74. The SMILES string of the molecule is O=C(NCCC(=O)N1CCCN2CCCC2C1)c1ccc(Cl)cc1. The number of carbonyl (C=O) groups excluding carboxylic acids is 2. The molecule has 5 nitrogen and oxygen atoms in total. The van der Waals surface area contributed by atoms with Gasteiger partial charge in [0.15, 0.2) is 0 Å². The van der Waals surface area contributed by atoms with E-state index in [1.165, 1.54) is 19.4 Å². The van der Waals surface area contributed by atoms with E-state index in [0.717, 1.165) is 26.1 Å². The van der Waals surface area contributed by atoms with Crippen LogP contribution in [0.4, 0.5) is 0 Å². The van der Waals surface area contributed by atoms with Crippen LogP contribution in [0.15, 0.2) is 24.3 Å². The van der Waals surface area contributed by atoms with Crippen molar-refractivity contribution in [2.24, 2.45) is 0 Å². The normalized spacial score (nSPS) is 21.2. The zero-order chi connectivity index (χ0) is 16.9. The Balaban J connectivity index is 1.45. The number of nitrogens with one attached hydrogen (secondary N) is 1. The third-order valence-corrected chi connectivity index (χ3v) is 5.14. The topological polar surface area (TPSA) is 52.7 Å². The summed E-state index contributed by atoms with van der Waals surface area (Å²) in [6, 6.07) is 7.27. The zero-order valence-electron chi connectivity index (χ0n) is 13.8. The van der Waals surface area contributed by atoms with Gasteiger partial charge < -0.3 is 10.2 Å². The molecule has 2 aliphatic rings. The van der Waals surface area contributed by atoms with Crippen LogP contribution in [-0.4, -0.2) is 60.4 Å². The summed E-state index contributed by atoms with van der Waals surface area (Å²) in [7, 11) is 0. The van der Waals surface area contributed by atoms with Gasteiger partial charge >= 0.3 is 0 Å². The smallest absolute Gasteiger partial charge is 0.251 e. The van der Waals surface area contributed by atoms with Crippen molar-refractivity contribution in [2.75, 3.05) is 32.7 Å². The third-order valence-electron chi connectivity index (χ3n) is 4.89. The quantitative estimate of drug-likeness (QED) is 0.906. The Hall–Kier alpha value is -1.59. The van der Waals surface area contributed by atoms with Gasteiger partial charge in [0.2, 0.25) is 5.91 Å². The number of fused-ring (bicyclic) bond motifs is 1. The second-order valence-corrected chi connectivity index (χ2v) is 6.97. The van der Waals surface area contributed by atoms with Gasteiger partial charge in [-0.25, -0.2) is 0 Å². The predicted octanol–water partition coefficient (Wildman–Crippen LogP) is 2.16. The van der Waals surface area contributed by atoms with E-state index >= 15 is 0 Å². The summed E-state index contributed by atoms with van der Waals surface area (Å²) in [5.41, 5.74) is 0.559. The molecule has 1 atom stereocenters. The fraction of sp³-hybridized carbons (Fsp3) is 0.556. The first-order valence-corrected chi connectivity index (χ1v) is 9.07. The molecule has 0 spiro atoms. The van der Waals surface area contributed by atoms with E-state index in [1.54, 1.807) is 24.3 Å². The minimum absolute atomic E-state index is 0.139. The second-order valence-electron chi connectivity index (χ2n) is 6.54. The molecule has 3 rings (SSSR count). The van der Waals surface area contributed by atoms with E-state index in [2.05, 4.69) is 10.2 Å². The van der Waals surface area contributed by atoms with Gasteiger partial charge in [-0.3, -0.25) is 14.5 Å². The standard InChI is InChI=1S/C18H24ClN3O2/c19-15-6-4-14(5-7-15)18(24)20-9-8-17(23)22-12-2-11-21-10-1-3-16(21)13-22/h4-7,16H,1-3,8-13H2,(H,20,24). The van der Waals surface area contributed by atoms with Crippen molar-refractivity contribution in [3.8, 4) is 0 Å². The average molecular weight is 350 g/mol. The number of halogens is 1. The molecule has 2 saturated heterocycles. The van der Waals surface area contributed by atoms with Gasteiger partial charge in [0.25, 0.3) is 5.91 Å². The van der Waals surface area contributed by atoms with Crippen LogP contribution in [0, 0.1) is 0 Å². The van der Waals surface area contributed by atoms with Crippen LogP contribution in [0.5, 0.6) is 0 Å². The summed E-state index contributed by atoms with van der Waals surface area (Å²) in [5.74, 6) is -0.0301. The molecule has 0 aliphatic carbocycles. The monoisotopic (exact) mass is 349 g/mol. The van der Waals surface area contributed by atoms with Gasteiger partial charge in [-0.2, -0.15) is 0 Å². The lowest BCUT2D eigenvalue weighted by Crippen LogP contribution is -2.40. The maximum Gasteiger partial charge on any atom is 0.251 e. The molecule has 1 aromatic carbocycles. The van der Waals surface area contributed by atoms with Crippen LogP contribution in [-0.2, 0) is 4.79 Å². The highest BCUT2D eigenvalue weighted by atomic mass is 35.5. The second kappa shape index (κ2) is 7.99. The summed E-state index contributed by atoms with van der Waals surface area (Å²) < 4.78 is 0. The first-order valence-electron chi connectivity index (χ1n) is 8.69. The molecule has 130 valence electrons. The molecule has 2 fully saturated rings. The highest BCUT2D eigenvalue weighted by molar-refractivity contribution is 6.30. The van der Waals surface area contributed by atoms with Gasteiger partial charge in [0, 0.05) is 49.2 Å². The summed E-state index contributed by atoms with van der Waals surface area (Å²) >= 11 is 5.81. The van der Waals surface area contributed by atoms with Crippen LogP contribution < -0.4 is 5.32 Å². The number of rotatable bonds is 4. The van der Waals surface area contributed by atoms with Gasteiger partial charge in [0.05, 0.1) is 0 Å². The van der Waals surface area contributed by atoms with E-state index in [-0.39, 0.29) is 11.8 Å². The number of hydrogen-bond donors (Lipinski definition) is 1. The van der Waals surface area contributed by atoms with E-state index in [4.69, 9.17) is 11.6 Å². The van der Waals surface area contributed by atoms with Gasteiger partial charge in [-0.05, 0) is 50.1 Å². The minimum atomic E-state index is -0.169. The number of nitrogens with zero attached hydrogens (tertiary/aromatic N) is 2. The lowest BCUT2D eigenvalue weighted by atomic mass is 10.2. The van der Waals surface area contributed by atoms with E-state index in [0.29, 0.717) is 29.6 Å². The maximum absolute atomic E-state index is 12.4. The van der Waals surface area contributed by atoms with Crippen LogP contribution in [0.1, 0.15) is 36.0 Å². The molecule has 2 heterocycles. The third kappa shape index (κ3) is 4.28. The first-order chi connectivity index (χ1) is 11.6. The van der Waals surface area contributed by atoms with Crippen LogP contribution in [0.25, 0.3) is 0 Å². The molecule has 0 aromatic heterocycles. The van der Waals surface area contributed by atoms with Crippen molar-refractivity contribution in [1.29, 1.82) is 0 Å². The summed E-state index contributed by atoms with van der Waals surface area (Å²) in [5, 5.41) is 3.41. The molecule has 6 heteroatoms. The minimum Gasteiger partial charge on any atom is -0.352 e. The fourth-order valence-corrected chi connectivity index (χ4v) is 3.70. The Morgan fingerprint density at radius 2 is 1.88 bits per heavy atom. The molecule has 0 saturated carbocycles. The van der Waals surface area contributed by atoms with Crippen LogP contribution in [0.3, 0.4) is 0 Å².